The summed E-state index contributed by atoms with van der Waals surface area (Å²) in [5, 5.41) is 15.5. The first-order chi connectivity index (χ1) is 12.7. The number of aromatic nitrogens is 2. The van der Waals surface area contributed by atoms with E-state index in [1.807, 2.05) is 12.3 Å². The molecule has 2 heterocycles. The van der Waals surface area contributed by atoms with E-state index in [-0.39, 0.29) is 6.61 Å². The standard InChI is InChI=1S/C18H17F3N2O3S/c1-3-12(17(24)25)14-9-27-15-7-11(4-5-13(14)15)26-8-10-6-16(18(19,20)21)22-23(10)2/h4-7,9,12H,3,8H2,1-2H3,(H,24,25). The van der Waals surface area contributed by atoms with Gasteiger partial charge in [-0.15, -0.1) is 11.3 Å². The summed E-state index contributed by atoms with van der Waals surface area (Å²) in [5.41, 5.74) is 0.102. The van der Waals surface area contributed by atoms with E-state index in [4.69, 9.17) is 4.74 Å². The van der Waals surface area contributed by atoms with Gasteiger partial charge in [0.1, 0.15) is 12.4 Å². The quantitative estimate of drug-likeness (QED) is 0.647. The van der Waals surface area contributed by atoms with Crippen molar-refractivity contribution >= 4 is 27.4 Å². The number of aryl methyl sites for hydroxylation is 1. The molecule has 1 aromatic carbocycles. The average Bonchev–Trinajstić information content (AvgIpc) is 3.17. The third-order valence-electron chi connectivity index (χ3n) is 4.31. The van der Waals surface area contributed by atoms with Gasteiger partial charge in [-0.2, -0.15) is 18.3 Å². The number of thiophene rings is 1. The van der Waals surface area contributed by atoms with Crippen LogP contribution in [0.3, 0.4) is 0 Å². The van der Waals surface area contributed by atoms with Crippen LogP contribution in [0.1, 0.15) is 36.2 Å². The normalized spacial score (nSPS) is 13.1. The van der Waals surface area contributed by atoms with Crippen LogP contribution in [0.4, 0.5) is 13.2 Å². The number of hydrogen-bond acceptors (Lipinski definition) is 4. The molecular weight excluding hydrogens is 381 g/mol. The van der Waals surface area contributed by atoms with E-state index in [1.165, 1.54) is 18.4 Å². The number of benzene rings is 1. The summed E-state index contributed by atoms with van der Waals surface area (Å²) in [4.78, 5) is 11.4. The topological polar surface area (TPSA) is 64.3 Å². The Hall–Kier alpha value is -2.55. The van der Waals surface area contributed by atoms with E-state index < -0.39 is 23.8 Å². The van der Waals surface area contributed by atoms with Gasteiger partial charge in [0.15, 0.2) is 5.69 Å². The van der Waals surface area contributed by atoms with E-state index in [2.05, 4.69) is 5.10 Å². The van der Waals surface area contributed by atoms with E-state index in [9.17, 15) is 23.1 Å². The van der Waals surface area contributed by atoms with Crippen molar-refractivity contribution in [2.75, 3.05) is 0 Å². The van der Waals surface area contributed by atoms with Crippen LogP contribution in [0.15, 0.2) is 29.6 Å². The molecule has 0 aliphatic carbocycles. The van der Waals surface area contributed by atoms with Crippen molar-refractivity contribution in [3.8, 4) is 5.75 Å². The summed E-state index contributed by atoms with van der Waals surface area (Å²) in [7, 11) is 1.43. The second kappa shape index (κ2) is 7.22. The highest BCUT2D eigenvalue weighted by Crippen LogP contribution is 2.35. The molecule has 9 heteroatoms. The molecule has 0 amide bonds. The number of carbonyl (C=O) groups is 1. The van der Waals surface area contributed by atoms with Crippen LogP contribution in [0.25, 0.3) is 10.1 Å². The molecule has 27 heavy (non-hydrogen) atoms. The van der Waals surface area contributed by atoms with Gasteiger partial charge >= 0.3 is 12.1 Å². The lowest BCUT2D eigenvalue weighted by molar-refractivity contribution is -0.141. The van der Waals surface area contributed by atoms with Crippen LogP contribution in [0.2, 0.25) is 0 Å². The maximum Gasteiger partial charge on any atom is 0.435 e. The Morgan fingerprint density at radius 3 is 2.70 bits per heavy atom. The molecule has 1 N–H and O–H groups in total. The van der Waals surface area contributed by atoms with Gasteiger partial charge in [-0.1, -0.05) is 6.92 Å². The van der Waals surface area contributed by atoms with Crippen LogP contribution >= 0.6 is 11.3 Å². The number of rotatable bonds is 6. The fourth-order valence-corrected chi connectivity index (χ4v) is 3.90. The minimum Gasteiger partial charge on any atom is -0.487 e. The average molecular weight is 398 g/mol. The van der Waals surface area contributed by atoms with E-state index in [1.54, 1.807) is 18.2 Å². The first kappa shape index (κ1) is 19.2. The van der Waals surface area contributed by atoms with Gasteiger partial charge < -0.3 is 9.84 Å². The smallest absolute Gasteiger partial charge is 0.435 e. The first-order valence-electron chi connectivity index (χ1n) is 8.17. The lowest BCUT2D eigenvalue weighted by Crippen LogP contribution is -2.09. The number of alkyl halides is 3. The highest BCUT2D eigenvalue weighted by atomic mass is 32.1. The zero-order chi connectivity index (χ0) is 19.8. The molecular formula is C18H17F3N2O3S. The number of hydrogen-bond donors (Lipinski definition) is 1. The van der Waals surface area contributed by atoms with Crippen molar-refractivity contribution in [1.29, 1.82) is 0 Å². The number of fused-ring (bicyclic) bond motifs is 1. The molecule has 0 aliphatic heterocycles. The number of aliphatic carboxylic acids is 1. The monoisotopic (exact) mass is 398 g/mol. The molecule has 0 radical (unpaired) electrons. The molecule has 0 fully saturated rings. The third-order valence-corrected chi connectivity index (χ3v) is 5.28. The van der Waals surface area contributed by atoms with E-state index in [0.717, 1.165) is 26.4 Å². The lowest BCUT2D eigenvalue weighted by Gasteiger charge is -2.09. The summed E-state index contributed by atoms with van der Waals surface area (Å²) < 4.78 is 45.8. The second-order valence-electron chi connectivity index (χ2n) is 6.08. The Morgan fingerprint density at radius 2 is 2.11 bits per heavy atom. The van der Waals surface area contributed by atoms with Crippen LogP contribution in [-0.2, 0) is 24.6 Å². The zero-order valence-electron chi connectivity index (χ0n) is 14.6. The molecule has 3 rings (SSSR count). The van der Waals surface area contributed by atoms with Crippen molar-refractivity contribution in [1.82, 2.24) is 9.78 Å². The molecule has 5 nitrogen and oxygen atoms in total. The van der Waals surface area contributed by atoms with Gasteiger partial charge in [-0.3, -0.25) is 9.48 Å². The van der Waals surface area contributed by atoms with Crippen molar-refractivity contribution < 1.29 is 27.8 Å². The number of carboxylic acid groups (broad SMARTS) is 1. The maximum atomic E-state index is 12.7. The summed E-state index contributed by atoms with van der Waals surface area (Å²) in [6.07, 6.45) is -4.01. The van der Waals surface area contributed by atoms with Gasteiger partial charge in [0, 0.05) is 11.7 Å². The minimum atomic E-state index is -4.50. The Balaban J connectivity index is 1.79. The predicted molar refractivity (Wildman–Crippen MR) is 95.0 cm³/mol. The Labute approximate surface area is 157 Å². The Bertz CT molecular complexity index is 978. The van der Waals surface area contributed by atoms with Crippen LogP contribution in [0.5, 0.6) is 5.75 Å². The summed E-state index contributed by atoms with van der Waals surface area (Å²) in [6, 6.07) is 6.19. The molecule has 2 aromatic heterocycles. The molecule has 0 saturated heterocycles. The summed E-state index contributed by atoms with van der Waals surface area (Å²) in [5.74, 6) is -0.941. The van der Waals surface area contributed by atoms with E-state index >= 15 is 0 Å². The predicted octanol–water partition coefficient (Wildman–Crippen LogP) is 4.81. The van der Waals surface area contributed by atoms with Crippen molar-refractivity contribution in [2.24, 2.45) is 7.05 Å². The third kappa shape index (κ3) is 3.92. The van der Waals surface area contributed by atoms with Gasteiger partial charge in [0.25, 0.3) is 0 Å². The van der Waals surface area contributed by atoms with Gasteiger partial charge in [-0.25, -0.2) is 0 Å². The largest absolute Gasteiger partial charge is 0.487 e. The summed E-state index contributed by atoms with van der Waals surface area (Å²) in [6.45, 7) is 1.76. The highest BCUT2D eigenvalue weighted by molar-refractivity contribution is 7.17. The Kier molecular flexibility index (Phi) is 5.14. The molecule has 0 spiro atoms. The lowest BCUT2D eigenvalue weighted by atomic mass is 9.96. The van der Waals surface area contributed by atoms with Crippen LogP contribution in [-0.4, -0.2) is 20.9 Å². The van der Waals surface area contributed by atoms with Crippen LogP contribution in [0, 0.1) is 0 Å². The molecule has 1 unspecified atom stereocenters. The number of ether oxygens (including phenoxy) is 1. The minimum absolute atomic E-state index is 0.0595. The molecule has 0 bridgehead atoms. The van der Waals surface area contributed by atoms with E-state index in [0.29, 0.717) is 17.9 Å². The van der Waals surface area contributed by atoms with Gasteiger partial charge in [0.05, 0.1) is 11.6 Å². The number of carboxylic acids is 1. The fraction of sp³-hybridized carbons (Fsp3) is 0.333. The Morgan fingerprint density at radius 1 is 1.37 bits per heavy atom. The van der Waals surface area contributed by atoms with Crippen molar-refractivity contribution in [2.45, 2.75) is 32.0 Å². The van der Waals surface area contributed by atoms with Gasteiger partial charge in [-0.05, 0) is 47.0 Å². The van der Waals surface area contributed by atoms with Crippen molar-refractivity contribution in [3.63, 3.8) is 0 Å². The first-order valence-corrected chi connectivity index (χ1v) is 9.05. The van der Waals surface area contributed by atoms with Crippen LogP contribution < -0.4 is 4.74 Å². The SMILES string of the molecule is CCC(C(=O)O)c1csc2cc(OCc3cc(C(F)(F)F)nn3C)ccc12. The highest BCUT2D eigenvalue weighted by Gasteiger charge is 2.34. The molecule has 144 valence electrons. The zero-order valence-corrected chi connectivity index (χ0v) is 15.4. The van der Waals surface area contributed by atoms with Gasteiger partial charge in [0.2, 0.25) is 0 Å². The maximum absolute atomic E-state index is 12.7. The number of halogens is 3. The molecule has 0 aliphatic rings. The molecule has 1 atom stereocenters. The molecule has 0 saturated carbocycles. The fourth-order valence-electron chi connectivity index (χ4n) is 2.85. The summed E-state index contributed by atoms with van der Waals surface area (Å²) >= 11 is 1.41. The molecule has 3 aromatic rings. The number of nitrogens with zero attached hydrogens (tertiary/aromatic N) is 2. The van der Waals surface area contributed by atoms with Crippen molar-refractivity contribution in [3.05, 3.63) is 46.6 Å². The second-order valence-corrected chi connectivity index (χ2v) is 6.99.